The van der Waals surface area contributed by atoms with E-state index >= 15 is 0 Å². The van der Waals surface area contributed by atoms with E-state index in [1.165, 1.54) is 6.26 Å². The van der Waals surface area contributed by atoms with E-state index < -0.39 is 9.84 Å². The van der Waals surface area contributed by atoms with Crippen molar-refractivity contribution >= 4 is 9.84 Å². The van der Waals surface area contributed by atoms with E-state index in [9.17, 15) is 8.42 Å². The molecule has 1 saturated carbocycles. The molecule has 20 heavy (non-hydrogen) atoms. The van der Waals surface area contributed by atoms with Crippen LogP contribution < -0.4 is 10.5 Å². The van der Waals surface area contributed by atoms with Crippen molar-refractivity contribution in [3.8, 4) is 5.75 Å². The molecule has 112 valence electrons. The number of hydrogen-bond acceptors (Lipinski definition) is 4. The highest BCUT2D eigenvalue weighted by Crippen LogP contribution is 2.30. The SMILES string of the molecule is C[C@H](N)c1ccccc1OC1CCCC(S(C)(=O)=O)C1. The van der Waals surface area contributed by atoms with Gasteiger partial charge < -0.3 is 10.5 Å². The molecule has 1 aromatic carbocycles. The van der Waals surface area contributed by atoms with Crippen molar-refractivity contribution < 1.29 is 13.2 Å². The Labute approximate surface area is 121 Å². The fourth-order valence-corrected chi connectivity index (χ4v) is 3.90. The molecule has 1 aliphatic carbocycles. The summed E-state index contributed by atoms with van der Waals surface area (Å²) in [5.74, 6) is 0.779. The van der Waals surface area contributed by atoms with Crippen LogP contribution in [0.1, 0.15) is 44.2 Å². The molecule has 0 amide bonds. The maximum Gasteiger partial charge on any atom is 0.150 e. The summed E-state index contributed by atoms with van der Waals surface area (Å²) in [6.45, 7) is 1.92. The molecule has 0 aliphatic heterocycles. The summed E-state index contributed by atoms with van der Waals surface area (Å²) in [6.07, 6.45) is 4.39. The van der Waals surface area contributed by atoms with Crippen LogP contribution >= 0.6 is 0 Å². The van der Waals surface area contributed by atoms with Gasteiger partial charge in [-0.2, -0.15) is 0 Å². The van der Waals surface area contributed by atoms with E-state index in [0.29, 0.717) is 6.42 Å². The van der Waals surface area contributed by atoms with Crippen molar-refractivity contribution in [2.45, 2.75) is 50.0 Å². The van der Waals surface area contributed by atoms with Crippen LogP contribution in [0.3, 0.4) is 0 Å². The van der Waals surface area contributed by atoms with Crippen molar-refractivity contribution in [1.82, 2.24) is 0 Å². The maximum absolute atomic E-state index is 11.7. The monoisotopic (exact) mass is 297 g/mol. The number of nitrogens with two attached hydrogens (primary N) is 1. The van der Waals surface area contributed by atoms with Crippen molar-refractivity contribution in [2.24, 2.45) is 5.73 Å². The van der Waals surface area contributed by atoms with E-state index in [4.69, 9.17) is 10.5 Å². The van der Waals surface area contributed by atoms with Gasteiger partial charge >= 0.3 is 0 Å². The molecule has 1 aliphatic rings. The lowest BCUT2D eigenvalue weighted by Crippen LogP contribution is -2.33. The van der Waals surface area contributed by atoms with Gasteiger partial charge in [0.1, 0.15) is 15.6 Å². The highest BCUT2D eigenvalue weighted by molar-refractivity contribution is 7.91. The Bertz CT molecular complexity index is 554. The summed E-state index contributed by atoms with van der Waals surface area (Å²) in [5, 5.41) is -0.274. The summed E-state index contributed by atoms with van der Waals surface area (Å²) >= 11 is 0. The predicted molar refractivity (Wildman–Crippen MR) is 80.6 cm³/mol. The maximum atomic E-state index is 11.7. The first kappa shape index (κ1) is 15.3. The molecule has 1 fully saturated rings. The van der Waals surface area contributed by atoms with E-state index in [0.717, 1.165) is 30.6 Å². The first-order chi connectivity index (χ1) is 9.38. The molecule has 0 heterocycles. The molecule has 0 spiro atoms. The molecule has 0 aromatic heterocycles. The summed E-state index contributed by atoms with van der Waals surface area (Å²) in [4.78, 5) is 0. The average molecular weight is 297 g/mol. The Balaban J connectivity index is 2.11. The Morgan fingerprint density at radius 2 is 2.00 bits per heavy atom. The molecule has 1 aromatic rings. The number of para-hydroxylation sites is 1. The molecule has 0 bridgehead atoms. The van der Waals surface area contributed by atoms with Gasteiger partial charge in [0.15, 0.2) is 0 Å². The molecule has 0 radical (unpaired) electrons. The Morgan fingerprint density at radius 1 is 1.30 bits per heavy atom. The predicted octanol–water partition coefficient (Wildman–Crippen LogP) is 2.44. The molecule has 0 saturated heterocycles. The molecular formula is C15H23NO3S. The number of rotatable bonds is 4. The topological polar surface area (TPSA) is 69.4 Å². The zero-order valence-electron chi connectivity index (χ0n) is 12.1. The lowest BCUT2D eigenvalue weighted by Gasteiger charge is -2.29. The molecular weight excluding hydrogens is 274 g/mol. The van der Waals surface area contributed by atoms with Crippen molar-refractivity contribution in [1.29, 1.82) is 0 Å². The van der Waals surface area contributed by atoms with E-state index in [1.807, 2.05) is 31.2 Å². The van der Waals surface area contributed by atoms with Gasteiger partial charge in [0.05, 0.1) is 11.4 Å². The van der Waals surface area contributed by atoms with Gasteiger partial charge in [-0.05, 0) is 32.3 Å². The van der Waals surface area contributed by atoms with E-state index in [2.05, 4.69) is 0 Å². The molecule has 5 heteroatoms. The van der Waals surface area contributed by atoms with Crippen LogP contribution in [0.4, 0.5) is 0 Å². The van der Waals surface area contributed by atoms with Crippen LogP contribution in [-0.4, -0.2) is 26.0 Å². The fourth-order valence-electron chi connectivity index (χ4n) is 2.74. The van der Waals surface area contributed by atoms with Crippen LogP contribution in [-0.2, 0) is 9.84 Å². The first-order valence-corrected chi connectivity index (χ1v) is 9.03. The molecule has 2 rings (SSSR count). The summed E-state index contributed by atoms with van der Waals surface area (Å²) in [5.41, 5.74) is 6.91. The minimum absolute atomic E-state index is 0.0385. The van der Waals surface area contributed by atoms with Crippen LogP contribution in [0.25, 0.3) is 0 Å². The fraction of sp³-hybridized carbons (Fsp3) is 0.600. The standard InChI is InChI=1S/C15H23NO3S/c1-11(16)14-8-3-4-9-15(14)19-12-6-5-7-13(10-12)20(2,17)18/h3-4,8-9,11-13H,5-7,10,16H2,1-2H3/t11-,12?,13?/m0/s1. The molecule has 3 atom stereocenters. The normalized spacial score (nSPS) is 25.1. The van der Waals surface area contributed by atoms with Crippen LogP contribution in [0.5, 0.6) is 5.75 Å². The first-order valence-electron chi connectivity index (χ1n) is 7.08. The number of ether oxygens (including phenoxy) is 1. The van der Waals surface area contributed by atoms with E-state index in [1.54, 1.807) is 0 Å². The number of hydrogen-bond donors (Lipinski definition) is 1. The molecule has 2 unspecified atom stereocenters. The third-order valence-electron chi connectivity index (χ3n) is 3.89. The molecule has 2 N–H and O–H groups in total. The number of benzene rings is 1. The second kappa shape index (κ2) is 6.14. The number of sulfone groups is 1. The summed E-state index contributed by atoms with van der Waals surface area (Å²) < 4.78 is 29.4. The zero-order valence-corrected chi connectivity index (χ0v) is 12.9. The third kappa shape index (κ3) is 3.73. The Kier molecular flexibility index (Phi) is 4.70. The van der Waals surface area contributed by atoms with Gasteiger partial charge in [0.2, 0.25) is 0 Å². The van der Waals surface area contributed by atoms with Crippen molar-refractivity contribution in [2.75, 3.05) is 6.26 Å². The van der Waals surface area contributed by atoms with Gasteiger partial charge in [0.25, 0.3) is 0 Å². The second-order valence-electron chi connectivity index (χ2n) is 5.68. The smallest absolute Gasteiger partial charge is 0.150 e. The van der Waals surface area contributed by atoms with Gasteiger partial charge in [0, 0.05) is 24.3 Å². The van der Waals surface area contributed by atoms with Crippen LogP contribution in [0.2, 0.25) is 0 Å². The average Bonchev–Trinajstić information content (AvgIpc) is 2.38. The zero-order chi connectivity index (χ0) is 14.8. The summed E-state index contributed by atoms with van der Waals surface area (Å²) in [7, 11) is -2.98. The van der Waals surface area contributed by atoms with E-state index in [-0.39, 0.29) is 17.4 Å². The Hall–Kier alpha value is -1.07. The van der Waals surface area contributed by atoms with Gasteiger partial charge in [-0.3, -0.25) is 0 Å². The molecule has 4 nitrogen and oxygen atoms in total. The van der Waals surface area contributed by atoms with Crippen molar-refractivity contribution in [3.63, 3.8) is 0 Å². The second-order valence-corrected chi connectivity index (χ2v) is 8.01. The largest absolute Gasteiger partial charge is 0.490 e. The van der Waals surface area contributed by atoms with Gasteiger partial charge in [-0.1, -0.05) is 18.2 Å². The van der Waals surface area contributed by atoms with Crippen LogP contribution in [0.15, 0.2) is 24.3 Å². The van der Waals surface area contributed by atoms with Gasteiger partial charge in [-0.25, -0.2) is 8.42 Å². The quantitative estimate of drug-likeness (QED) is 0.926. The van der Waals surface area contributed by atoms with Gasteiger partial charge in [-0.15, -0.1) is 0 Å². The highest BCUT2D eigenvalue weighted by Gasteiger charge is 2.30. The van der Waals surface area contributed by atoms with Crippen molar-refractivity contribution in [3.05, 3.63) is 29.8 Å². The Morgan fingerprint density at radius 3 is 2.65 bits per heavy atom. The highest BCUT2D eigenvalue weighted by atomic mass is 32.2. The minimum Gasteiger partial charge on any atom is -0.490 e. The lowest BCUT2D eigenvalue weighted by molar-refractivity contribution is 0.154. The summed E-state index contributed by atoms with van der Waals surface area (Å²) in [6, 6.07) is 7.61. The third-order valence-corrected chi connectivity index (χ3v) is 5.53. The lowest BCUT2D eigenvalue weighted by atomic mass is 9.97. The minimum atomic E-state index is -2.98. The van der Waals surface area contributed by atoms with Crippen LogP contribution in [0, 0.1) is 0 Å².